The molecule has 1 aromatic rings. The zero-order valence-corrected chi connectivity index (χ0v) is 20.0. The fraction of sp³-hybridized carbons (Fsp3) is 0.538. The summed E-state index contributed by atoms with van der Waals surface area (Å²) in [6, 6.07) is 5.36. The Morgan fingerprint density at radius 1 is 1.23 bits per heavy atom. The summed E-state index contributed by atoms with van der Waals surface area (Å²) in [5.74, 6) is -1.16. The lowest BCUT2D eigenvalue weighted by Gasteiger charge is -2.19. The van der Waals surface area contributed by atoms with Crippen LogP contribution in [0.15, 0.2) is 48.6 Å². The van der Waals surface area contributed by atoms with Crippen LogP contribution >= 0.6 is 0 Å². The molecule has 0 saturated carbocycles. The molecule has 0 amide bonds. The van der Waals surface area contributed by atoms with E-state index in [-0.39, 0.29) is 31.0 Å². The van der Waals surface area contributed by atoms with E-state index < -0.39 is 29.9 Å². The van der Waals surface area contributed by atoms with Gasteiger partial charge in [-0.25, -0.2) is 4.79 Å². The number of methoxy groups -OCH3 is 1. The molecule has 1 heterocycles. The minimum absolute atomic E-state index is 0.0969. The lowest BCUT2D eigenvalue weighted by Crippen LogP contribution is -2.27. The van der Waals surface area contributed by atoms with Gasteiger partial charge in [0.15, 0.2) is 6.10 Å². The van der Waals surface area contributed by atoms with E-state index in [2.05, 4.69) is 4.74 Å². The standard InChI is InChI=1S/C26H33F3O6/c1-18(30)35-24-17-34-23(21(24)13-6-4-7-14-22(31)25(32)33-2)15-8-3-5-10-19-11-9-12-20(16-19)26(27,28)29/h4,6,8-9,11-12,15-16,21-24,31H,3,5,7,10,13-14,17H2,1-2H3/t21-,22?,23-,24+/m1/s1. The Balaban J connectivity index is 1.86. The third-order valence-electron chi connectivity index (χ3n) is 5.74. The molecule has 0 spiro atoms. The summed E-state index contributed by atoms with van der Waals surface area (Å²) in [7, 11) is 1.22. The molecule has 0 radical (unpaired) electrons. The molecule has 1 fully saturated rings. The van der Waals surface area contributed by atoms with E-state index in [1.807, 2.05) is 24.3 Å². The third-order valence-corrected chi connectivity index (χ3v) is 5.74. The predicted molar refractivity (Wildman–Crippen MR) is 123 cm³/mol. The number of aliphatic hydroxyl groups is 1. The normalized spacial score (nSPS) is 21.5. The number of aliphatic hydroxyl groups excluding tert-OH is 1. The zero-order valence-electron chi connectivity index (χ0n) is 20.0. The number of hydrogen-bond acceptors (Lipinski definition) is 6. The number of esters is 2. The van der Waals surface area contributed by atoms with E-state index >= 15 is 0 Å². The second kappa shape index (κ2) is 14.0. The average Bonchev–Trinajstić information content (AvgIpc) is 3.18. The van der Waals surface area contributed by atoms with Crippen molar-refractivity contribution in [1.29, 1.82) is 0 Å². The van der Waals surface area contributed by atoms with E-state index in [0.717, 1.165) is 6.07 Å². The Hall–Kier alpha value is -2.65. The van der Waals surface area contributed by atoms with Crippen LogP contribution in [0.3, 0.4) is 0 Å². The molecule has 6 nitrogen and oxygen atoms in total. The molecule has 4 atom stereocenters. The number of carbonyl (C=O) groups is 2. The minimum Gasteiger partial charge on any atom is -0.467 e. The van der Waals surface area contributed by atoms with Crippen molar-refractivity contribution < 1.29 is 42.1 Å². The summed E-state index contributed by atoms with van der Waals surface area (Å²) in [5.41, 5.74) is -0.00212. The average molecular weight is 499 g/mol. The molecule has 35 heavy (non-hydrogen) atoms. The van der Waals surface area contributed by atoms with E-state index in [9.17, 15) is 27.9 Å². The zero-order chi connectivity index (χ0) is 25.8. The van der Waals surface area contributed by atoms with Crippen molar-refractivity contribution >= 4 is 11.9 Å². The molecule has 1 aromatic carbocycles. The van der Waals surface area contributed by atoms with Crippen molar-refractivity contribution in [2.75, 3.05) is 13.7 Å². The highest BCUT2D eigenvalue weighted by atomic mass is 19.4. The molecule has 0 aliphatic carbocycles. The molecule has 1 saturated heterocycles. The molecule has 1 unspecified atom stereocenters. The monoisotopic (exact) mass is 498 g/mol. The smallest absolute Gasteiger partial charge is 0.416 e. The number of aryl methyl sites for hydroxylation is 1. The third kappa shape index (κ3) is 9.85. The Morgan fingerprint density at radius 3 is 2.69 bits per heavy atom. The van der Waals surface area contributed by atoms with E-state index in [0.29, 0.717) is 37.7 Å². The number of allylic oxidation sites excluding steroid dienone is 3. The molecule has 1 N–H and O–H groups in total. The van der Waals surface area contributed by atoms with Crippen LogP contribution in [0.4, 0.5) is 13.2 Å². The maximum absolute atomic E-state index is 12.9. The van der Waals surface area contributed by atoms with E-state index in [1.54, 1.807) is 6.07 Å². The molecule has 1 aliphatic heterocycles. The van der Waals surface area contributed by atoms with E-state index in [4.69, 9.17) is 9.47 Å². The molecule has 1 aliphatic rings. The van der Waals surface area contributed by atoms with Gasteiger partial charge in [-0.15, -0.1) is 0 Å². The van der Waals surface area contributed by atoms with Gasteiger partial charge in [0, 0.05) is 12.8 Å². The van der Waals surface area contributed by atoms with Crippen molar-refractivity contribution in [3.8, 4) is 0 Å². The topological polar surface area (TPSA) is 82.1 Å². The molecule has 194 valence electrons. The second-order valence-electron chi connectivity index (χ2n) is 8.45. The highest BCUT2D eigenvalue weighted by Crippen LogP contribution is 2.30. The van der Waals surface area contributed by atoms with Crippen LogP contribution in [0.2, 0.25) is 0 Å². The quantitative estimate of drug-likeness (QED) is 0.254. The first-order valence-electron chi connectivity index (χ1n) is 11.6. The lowest BCUT2D eigenvalue weighted by atomic mass is 9.94. The number of alkyl halides is 3. The van der Waals surface area contributed by atoms with Crippen LogP contribution < -0.4 is 0 Å². The second-order valence-corrected chi connectivity index (χ2v) is 8.45. The summed E-state index contributed by atoms with van der Waals surface area (Å²) in [6.45, 7) is 1.62. The maximum Gasteiger partial charge on any atom is 0.416 e. The first-order valence-corrected chi connectivity index (χ1v) is 11.6. The molecule has 2 rings (SSSR count). The van der Waals surface area contributed by atoms with Crippen molar-refractivity contribution in [3.63, 3.8) is 0 Å². The van der Waals surface area contributed by atoms with Gasteiger partial charge in [0.25, 0.3) is 0 Å². The summed E-state index contributed by atoms with van der Waals surface area (Å²) in [6.07, 6.45) is 4.63. The number of rotatable bonds is 12. The number of benzene rings is 1. The molecule has 0 aromatic heterocycles. The summed E-state index contributed by atoms with van der Waals surface area (Å²) >= 11 is 0. The first kappa shape index (κ1) is 28.6. The Morgan fingerprint density at radius 2 is 2.00 bits per heavy atom. The molecule has 0 bridgehead atoms. The molecular weight excluding hydrogens is 465 g/mol. The van der Waals surface area contributed by atoms with Crippen LogP contribution in [0, 0.1) is 5.92 Å². The minimum atomic E-state index is -4.35. The summed E-state index contributed by atoms with van der Waals surface area (Å²) in [5, 5.41) is 9.63. The SMILES string of the molecule is COC(=O)C(O)CCC=CC[C@H]1[C@@H](OC(C)=O)CO[C@@H]1C=CCCCc1cccc(C(F)(F)F)c1. The van der Waals surface area contributed by atoms with Gasteiger partial charge in [0.05, 0.1) is 25.4 Å². The number of halogens is 3. The van der Waals surface area contributed by atoms with Gasteiger partial charge < -0.3 is 19.3 Å². The van der Waals surface area contributed by atoms with Gasteiger partial charge in [-0.2, -0.15) is 13.2 Å². The van der Waals surface area contributed by atoms with Crippen LogP contribution in [-0.4, -0.2) is 49.1 Å². The summed E-state index contributed by atoms with van der Waals surface area (Å²) in [4.78, 5) is 22.7. The van der Waals surface area contributed by atoms with Gasteiger partial charge in [-0.05, 0) is 50.2 Å². The predicted octanol–water partition coefficient (Wildman–Crippen LogP) is 4.79. The first-order chi connectivity index (χ1) is 16.6. The van der Waals surface area contributed by atoms with Crippen molar-refractivity contribution in [3.05, 3.63) is 59.7 Å². The Bertz CT molecular complexity index is 880. The van der Waals surface area contributed by atoms with Gasteiger partial charge in [-0.3, -0.25) is 4.79 Å². The number of hydrogen-bond donors (Lipinski definition) is 1. The van der Waals surface area contributed by atoms with Crippen LogP contribution in [0.25, 0.3) is 0 Å². The van der Waals surface area contributed by atoms with Crippen molar-refractivity contribution in [1.82, 2.24) is 0 Å². The van der Waals surface area contributed by atoms with Gasteiger partial charge in [-0.1, -0.05) is 42.5 Å². The Kier molecular flexibility index (Phi) is 11.5. The summed E-state index contributed by atoms with van der Waals surface area (Å²) < 4.78 is 54.3. The van der Waals surface area contributed by atoms with Crippen LogP contribution in [-0.2, 0) is 36.4 Å². The van der Waals surface area contributed by atoms with Gasteiger partial charge in [0.1, 0.15) is 6.10 Å². The molecule has 9 heteroatoms. The highest BCUT2D eigenvalue weighted by Gasteiger charge is 2.37. The van der Waals surface area contributed by atoms with Gasteiger partial charge >= 0.3 is 18.1 Å². The number of carbonyl (C=O) groups excluding carboxylic acids is 2. The van der Waals surface area contributed by atoms with Crippen LogP contribution in [0.5, 0.6) is 0 Å². The number of ether oxygens (including phenoxy) is 3. The maximum atomic E-state index is 12.9. The highest BCUT2D eigenvalue weighted by molar-refractivity contribution is 5.74. The Labute approximate surface area is 203 Å². The van der Waals surface area contributed by atoms with E-state index in [1.165, 1.54) is 26.2 Å². The lowest BCUT2D eigenvalue weighted by molar-refractivity contribution is -0.150. The van der Waals surface area contributed by atoms with Crippen LogP contribution in [0.1, 0.15) is 50.2 Å². The van der Waals surface area contributed by atoms with Crippen molar-refractivity contribution in [2.45, 2.75) is 69.9 Å². The molecular formula is C26H33F3O6. The van der Waals surface area contributed by atoms with Gasteiger partial charge in [0.2, 0.25) is 0 Å². The fourth-order valence-corrected chi connectivity index (χ4v) is 3.92. The number of unbranched alkanes of at least 4 members (excludes halogenated alkanes) is 1. The largest absolute Gasteiger partial charge is 0.467 e. The van der Waals surface area contributed by atoms with Crippen molar-refractivity contribution in [2.24, 2.45) is 5.92 Å². The fourth-order valence-electron chi connectivity index (χ4n) is 3.92.